The summed E-state index contributed by atoms with van der Waals surface area (Å²) in [5.74, 6) is -1.32. The lowest BCUT2D eigenvalue weighted by Crippen LogP contribution is -2.41. The Bertz CT molecular complexity index is 530. The second kappa shape index (κ2) is 5.66. The van der Waals surface area contributed by atoms with Crippen molar-refractivity contribution in [3.63, 3.8) is 0 Å². The maximum atomic E-state index is 12.3. The van der Waals surface area contributed by atoms with Crippen molar-refractivity contribution in [1.29, 1.82) is 0 Å². The van der Waals surface area contributed by atoms with Crippen molar-refractivity contribution in [2.75, 3.05) is 6.61 Å². The number of carbonyl (C=O) groups excluding carboxylic acids is 1. The Morgan fingerprint density at radius 2 is 2.15 bits per heavy atom. The van der Waals surface area contributed by atoms with Crippen LogP contribution in [0.1, 0.15) is 51.9 Å². The highest BCUT2D eigenvalue weighted by molar-refractivity contribution is 6.00. The number of rotatable bonds is 4. The zero-order valence-corrected chi connectivity index (χ0v) is 11.9. The van der Waals surface area contributed by atoms with Crippen molar-refractivity contribution in [2.24, 2.45) is 0 Å². The molecule has 1 aliphatic rings. The maximum absolute atomic E-state index is 12.3. The maximum Gasteiger partial charge on any atom is 0.352 e. The summed E-state index contributed by atoms with van der Waals surface area (Å²) in [4.78, 5) is 26.1. The quantitative estimate of drug-likeness (QED) is 0.781. The third-order valence-corrected chi connectivity index (χ3v) is 3.76. The molecule has 2 rings (SSSR count). The van der Waals surface area contributed by atoms with E-state index in [1.54, 1.807) is 13.8 Å². The monoisotopic (exact) mass is 280 g/mol. The fraction of sp³-hybridized carbons (Fsp3) is 0.571. The fourth-order valence-corrected chi connectivity index (χ4v) is 2.67. The van der Waals surface area contributed by atoms with Gasteiger partial charge < -0.3 is 20.1 Å². The van der Waals surface area contributed by atoms with Crippen molar-refractivity contribution in [3.05, 3.63) is 22.5 Å². The van der Waals surface area contributed by atoms with E-state index in [0.29, 0.717) is 16.8 Å². The summed E-state index contributed by atoms with van der Waals surface area (Å²) in [6.07, 6.45) is 1.99. The summed E-state index contributed by atoms with van der Waals surface area (Å²) in [7, 11) is 0. The Morgan fingerprint density at radius 3 is 2.65 bits per heavy atom. The van der Waals surface area contributed by atoms with E-state index in [1.807, 2.05) is 6.92 Å². The highest BCUT2D eigenvalue weighted by Crippen LogP contribution is 2.20. The molecule has 1 saturated heterocycles. The molecule has 6 nitrogen and oxygen atoms in total. The van der Waals surface area contributed by atoms with Gasteiger partial charge in [-0.2, -0.15) is 0 Å². The van der Waals surface area contributed by atoms with Gasteiger partial charge in [0.2, 0.25) is 0 Å². The molecule has 1 aromatic rings. The lowest BCUT2D eigenvalue weighted by Gasteiger charge is -2.20. The van der Waals surface area contributed by atoms with Gasteiger partial charge in [0.15, 0.2) is 0 Å². The zero-order valence-electron chi connectivity index (χ0n) is 11.9. The van der Waals surface area contributed by atoms with Crippen molar-refractivity contribution in [2.45, 2.75) is 45.8 Å². The largest absolute Gasteiger partial charge is 0.477 e. The van der Waals surface area contributed by atoms with Crippen LogP contribution >= 0.6 is 0 Å². The summed E-state index contributed by atoms with van der Waals surface area (Å²) >= 11 is 0. The van der Waals surface area contributed by atoms with Crippen molar-refractivity contribution < 1.29 is 19.4 Å². The molecule has 0 radical (unpaired) electrons. The van der Waals surface area contributed by atoms with E-state index < -0.39 is 5.97 Å². The highest BCUT2D eigenvalue weighted by Gasteiger charge is 2.27. The van der Waals surface area contributed by atoms with Gasteiger partial charge in [-0.05, 0) is 39.2 Å². The fourth-order valence-electron chi connectivity index (χ4n) is 2.67. The van der Waals surface area contributed by atoms with E-state index in [1.165, 1.54) is 0 Å². The Hall–Kier alpha value is -1.82. The van der Waals surface area contributed by atoms with E-state index in [9.17, 15) is 9.59 Å². The second-order valence-electron chi connectivity index (χ2n) is 5.24. The Kier molecular flexibility index (Phi) is 4.13. The molecular weight excluding hydrogens is 260 g/mol. The molecular formula is C14H20N2O4. The number of hydrogen-bond donors (Lipinski definition) is 3. The molecule has 1 aromatic heterocycles. The number of aromatic amines is 1. The summed E-state index contributed by atoms with van der Waals surface area (Å²) in [6, 6.07) is -0.0908. The minimum absolute atomic E-state index is 0.0393. The minimum Gasteiger partial charge on any atom is -0.477 e. The van der Waals surface area contributed by atoms with Gasteiger partial charge in [0.25, 0.3) is 5.91 Å². The first-order valence-corrected chi connectivity index (χ1v) is 6.76. The van der Waals surface area contributed by atoms with E-state index >= 15 is 0 Å². The number of carboxylic acid groups (broad SMARTS) is 1. The number of amides is 1. The third kappa shape index (κ3) is 2.70. The lowest BCUT2D eigenvalue weighted by molar-refractivity contribution is 0.0690. The molecule has 1 amide bonds. The van der Waals surface area contributed by atoms with Crippen LogP contribution in [0.25, 0.3) is 0 Å². The van der Waals surface area contributed by atoms with Gasteiger partial charge in [-0.3, -0.25) is 4.79 Å². The molecule has 6 heteroatoms. The molecule has 3 N–H and O–H groups in total. The number of aromatic carboxylic acids is 1. The SMILES string of the molecule is Cc1[nH]c(C(=O)O)c(C)c1C(=O)NC(C)C1CCCO1. The molecule has 20 heavy (non-hydrogen) atoms. The molecule has 110 valence electrons. The molecule has 0 aromatic carbocycles. The first kappa shape index (κ1) is 14.6. The Labute approximate surface area is 117 Å². The lowest BCUT2D eigenvalue weighted by atomic mass is 10.1. The predicted octanol–water partition coefficient (Wildman–Crippen LogP) is 1.63. The Morgan fingerprint density at radius 1 is 1.45 bits per heavy atom. The van der Waals surface area contributed by atoms with Crippen molar-refractivity contribution in [1.82, 2.24) is 10.3 Å². The van der Waals surface area contributed by atoms with Gasteiger partial charge in [0, 0.05) is 12.3 Å². The van der Waals surface area contributed by atoms with E-state index in [-0.39, 0.29) is 23.7 Å². The number of aryl methyl sites for hydroxylation is 1. The third-order valence-electron chi connectivity index (χ3n) is 3.76. The highest BCUT2D eigenvalue weighted by atomic mass is 16.5. The average molecular weight is 280 g/mol. The van der Waals surface area contributed by atoms with Crippen LogP contribution in [0.3, 0.4) is 0 Å². The van der Waals surface area contributed by atoms with Crippen LogP contribution in [0.15, 0.2) is 0 Å². The number of H-pyrrole nitrogens is 1. The van der Waals surface area contributed by atoms with Crippen LogP contribution in [-0.4, -0.2) is 40.7 Å². The molecule has 0 saturated carbocycles. The van der Waals surface area contributed by atoms with Gasteiger partial charge in [0.05, 0.1) is 17.7 Å². The smallest absolute Gasteiger partial charge is 0.352 e. The normalized spacial score (nSPS) is 19.9. The number of aromatic nitrogens is 1. The topological polar surface area (TPSA) is 91.4 Å². The number of carboxylic acids is 1. The zero-order chi connectivity index (χ0) is 14.9. The van der Waals surface area contributed by atoms with E-state index in [4.69, 9.17) is 9.84 Å². The molecule has 0 bridgehead atoms. The van der Waals surface area contributed by atoms with Gasteiger partial charge in [-0.15, -0.1) is 0 Å². The summed E-state index contributed by atoms with van der Waals surface area (Å²) in [5, 5.41) is 12.0. The van der Waals surface area contributed by atoms with Crippen LogP contribution in [0.5, 0.6) is 0 Å². The van der Waals surface area contributed by atoms with Crippen LogP contribution in [0.2, 0.25) is 0 Å². The molecule has 2 atom stereocenters. The molecule has 0 spiro atoms. The van der Waals surface area contributed by atoms with Gasteiger partial charge >= 0.3 is 5.97 Å². The summed E-state index contributed by atoms with van der Waals surface area (Å²) in [6.45, 7) is 5.98. The molecule has 2 heterocycles. The molecule has 0 aliphatic carbocycles. The molecule has 2 unspecified atom stereocenters. The average Bonchev–Trinajstić information content (AvgIpc) is 2.97. The van der Waals surface area contributed by atoms with Crippen molar-refractivity contribution >= 4 is 11.9 Å². The number of hydrogen-bond acceptors (Lipinski definition) is 3. The predicted molar refractivity (Wildman–Crippen MR) is 73.1 cm³/mol. The minimum atomic E-state index is -1.06. The van der Waals surface area contributed by atoms with Gasteiger partial charge in [-0.1, -0.05) is 0 Å². The summed E-state index contributed by atoms with van der Waals surface area (Å²) in [5.41, 5.74) is 1.51. The number of ether oxygens (including phenoxy) is 1. The number of carbonyl (C=O) groups is 2. The van der Waals surface area contributed by atoms with E-state index in [2.05, 4.69) is 10.3 Å². The van der Waals surface area contributed by atoms with Crippen LogP contribution in [-0.2, 0) is 4.74 Å². The number of nitrogens with one attached hydrogen (secondary N) is 2. The van der Waals surface area contributed by atoms with Crippen LogP contribution < -0.4 is 5.32 Å². The van der Waals surface area contributed by atoms with Crippen molar-refractivity contribution in [3.8, 4) is 0 Å². The molecule has 1 fully saturated rings. The molecule has 1 aliphatic heterocycles. The van der Waals surface area contributed by atoms with Gasteiger partial charge in [-0.25, -0.2) is 4.79 Å². The second-order valence-corrected chi connectivity index (χ2v) is 5.24. The summed E-state index contributed by atoms with van der Waals surface area (Å²) < 4.78 is 5.54. The first-order valence-electron chi connectivity index (χ1n) is 6.76. The standard InChI is InChI=1S/C14H20N2O4/c1-7-11(9(3)15-12(7)14(18)19)13(17)16-8(2)10-5-4-6-20-10/h8,10,15H,4-6H2,1-3H3,(H,16,17)(H,18,19). The van der Waals surface area contributed by atoms with Gasteiger partial charge in [0.1, 0.15) is 5.69 Å². The Balaban J connectivity index is 2.14. The first-order chi connectivity index (χ1) is 9.41. The van der Waals surface area contributed by atoms with E-state index in [0.717, 1.165) is 19.4 Å². The van der Waals surface area contributed by atoms with Crippen LogP contribution in [0, 0.1) is 13.8 Å². The van der Waals surface area contributed by atoms with Crippen LogP contribution in [0.4, 0.5) is 0 Å².